The largest absolute Gasteiger partial charge is 0.453 e. The molecule has 16 nitrogen and oxygen atoms in total. The molecule has 0 radical (unpaired) electrons. The number of hydrogen-bond donors (Lipinski definition) is 4. The van der Waals surface area contributed by atoms with Crippen LogP contribution in [0.4, 0.5) is 15.3 Å². The molecule has 0 spiro atoms. The molecule has 0 unspecified atom stereocenters. The number of benzene rings is 3. The maximum absolute atomic E-state index is 14.5. The van der Waals surface area contributed by atoms with Crippen LogP contribution in [0.25, 0.3) is 0 Å². The number of methoxy groups -OCH3 is 1. The van der Waals surface area contributed by atoms with Crippen molar-refractivity contribution in [3.63, 3.8) is 0 Å². The van der Waals surface area contributed by atoms with Gasteiger partial charge in [0.05, 0.1) is 20.3 Å². The minimum Gasteiger partial charge on any atom is -0.453 e. The molecule has 3 fully saturated rings. The maximum Gasteiger partial charge on any atom is 0.408 e. The van der Waals surface area contributed by atoms with Crippen LogP contribution in [0.5, 0.6) is 0 Å². The Bertz CT molecular complexity index is 2200. The molecule has 65 heavy (non-hydrogen) atoms. The number of primary amides is 2. The lowest BCUT2D eigenvalue weighted by Crippen LogP contribution is -2.61. The minimum absolute atomic E-state index is 0.281. The minimum atomic E-state index is -1.43. The molecular formula is C49H65N7O9. The highest BCUT2D eigenvalue weighted by Gasteiger charge is 2.54. The van der Waals surface area contributed by atoms with Gasteiger partial charge in [-0.1, -0.05) is 108 Å². The topological polar surface area (TPSA) is 216 Å². The smallest absolute Gasteiger partial charge is 0.408 e. The first-order valence-electron chi connectivity index (χ1n) is 22.3. The number of carbonyl (C=O) groups is 6. The zero-order chi connectivity index (χ0) is 47.3. The van der Waals surface area contributed by atoms with Gasteiger partial charge >= 0.3 is 12.2 Å². The molecular weight excluding hydrogens is 831 g/mol. The predicted molar refractivity (Wildman–Crippen MR) is 244 cm³/mol. The lowest BCUT2D eigenvalue weighted by Gasteiger charge is -2.41. The number of nitrogens with zero attached hydrogens (tertiary/aromatic N) is 3. The molecule has 6 amide bonds. The second kappa shape index (κ2) is 19.5. The second-order valence-electron chi connectivity index (χ2n) is 19.5. The van der Waals surface area contributed by atoms with Gasteiger partial charge in [0.1, 0.15) is 29.3 Å². The van der Waals surface area contributed by atoms with Crippen molar-refractivity contribution in [2.45, 2.75) is 116 Å². The number of nitrogens with one attached hydrogen (secondary N) is 2. The summed E-state index contributed by atoms with van der Waals surface area (Å²) in [4.78, 5) is 86.2. The van der Waals surface area contributed by atoms with Gasteiger partial charge in [0, 0.05) is 38.3 Å². The zero-order valence-electron chi connectivity index (χ0n) is 38.7. The third-order valence-corrected chi connectivity index (χ3v) is 12.9. The van der Waals surface area contributed by atoms with Crippen molar-refractivity contribution >= 4 is 41.5 Å². The van der Waals surface area contributed by atoms with Gasteiger partial charge in [-0.2, -0.15) is 0 Å². The highest BCUT2D eigenvalue weighted by molar-refractivity contribution is 5.96. The Kier molecular flexibility index (Phi) is 14.5. The van der Waals surface area contributed by atoms with Gasteiger partial charge in [-0.3, -0.25) is 19.2 Å². The Balaban J connectivity index is 1.23. The zero-order valence-corrected chi connectivity index (χ0v) is 38.7. The summed E-state index contributed by atoms with van der Waals surface area (Å²) in [5.74, 6) is -2.14. The molecule has 3 heterocycles. The van der Waals surface area contributed by atoms with Crippen LogP contribution < -0.4 is 27.0 Å². The van der Waals surface area contributed by atoms with Gasteiger partial charge in [0.2, 0.25) is 23.6 Å². The van der Waals surface area contributed by atoms with E-state index in [-0.39, 0.29) is 13.1 Å². The fourth-order valence-corrected chi connectivity index (χ4v) is 9.42. The molecule has 3 aromatic rings. The van der Waals surface area contributed by atoms with Crippen LogP contribution in [0.2, 0.25) is 0 Å². The lowest BCUT2D eigenvalue weighted by molar-refractivity contribution is -0.147. The molecule has 350 valence electrons. The number of para-hydroxylation sites is 1. The number of amides is 6. The van der Waals surface area contributed by atoms with Gasteiger partial charge in [0.25, 0.3) is 0 Å². The van der Waals surface area contributed by atoms with Crippen LogP contribution >= 0.6 is 0 Å². The molecule has 16 heteroatoms. The highest BCUT2D eigenvalue weighted by Crippen LogP contribution is 2.42. The van der Waals surface area contributed by atoms with E-state index in [1.807, 2.05) is 120 Å². The Morgan fingerprint density at radius 2 is 1.15 bits per heavy atom. The van der Waals surface area contributed by atoms with E-state index in [2.05, 4.69) is 15.5 Å². The summed E-state index contributed by atoms with van der Waals surface area (Å²) in [5, 5.41) is 5.45. The highest BCUT2D eigenvalue weighted by atomic mass is 16.6. The fourth-order valence-electron chi connectivity index (χ4n) is 9.42. The lowest BCUT2D eigenvalue weighted by atomic mass is 9.82. The molecule has 0 aromatic heterocycles. The van der Waals surface area contributed by atoms with Crippen LogP contribution in [0.3, 0.4) is 0 Å². The summed E-state index contributed by atoms with van der Waals surface area (Å²) in [6.07, 6.45) is 0.451. The molecule has 0 saturated carbocycles. The van der Waals surface area contributed by atoms with E-state index in [0.717, 1.165) is 16.8 Å². The normalized spacial score (nSPS) is 21.9. The Hall–Kier alpha value is -6.16. The van der Waals surface area contributed by atoms with E-state index in [0.29, 0.717) is 69.5 Å². The van der Waals surface area contributed by atoms with E-state index in [1.54, 1.807) is 0 Å². The first-order chi connectivity index (χ1) is 30.7. The van der Waals surface area contributed by atoms with Gasteiger partial charge in [-0.15, -0.1) is 0 Å². The van der Waals surface area contributed by atoms with Crippen molar-refractivity contribution in [2.24, 2.45) is 22.3 Å². The molecule has 5 atom stereocenters. The van der Waals surface area contributed by atoms with Gasteiger partial charge in [-0.25, -0.2) is 9.59 Å². The molecule has 6 rings (SSSR count). The maximum atomic E-state index is 14.5. The van der Waals surface area contributed by atoms with Gasteiger partial charge < -0.3 is 51.0 Å². The van der Waals surface area contributed by atoms with Crippen molar-refractivity contribution in [1.29, 1.82) is 0 Å². The summed E-state index contributed by atoms with van der Waals surface area (Å²) in [7, 11) is 1.23. The summed E-state index contributed by atoms with van der Waals surface area (Å²) < 4.78 is 15.7. The van der Waals surface area contributed by atoms with Crippen molar-refractivity contribution in [3.05, 3.63) is 101 Å². The van der Waals surface area contributed by atoms with E-state index in [1.165, 1.54) is 16.9 Å². The van der Waals surface area contributed by atoms with Gasteiger partial charge in [-0.05, 0) is 70.9 Å². The van der Waals surface area contributed by atoms with Crippen LogP contribution in [0.1, 0.15) is 95.9 Å². The van der Waals surface area contributed by atoms with Crippen LogP contribution in [0.15, 0.2) is 78.9 Å². The van der Waals surface area contributed by atoms with Crippen molar-refractivity contribution < 1.29 is 43.0 Å². The summed E-state index contributed by atoms with van der Waals surface area (Å²) >= 11 is 0. The SMILES string of the molecule is COC(=O)N[C@H](C(=O)N1CCC[C@@]1(C(N)=O)c1ccc(CN(Cc2ccc([C@]3(C(N)=O)CCCN3C(=O)[C@@H](NC(=O)O[C@H]3CCOC3)C(C)(C)C)cc2)c2ccccc2)cc1)C(C)(C)C. The van der Waals surface area contributed by atoms with Crippen molar-refractivity contribution in [3.8, 4) is 0 Å². The third-order valence-electron chi connectivity index (χ3n) is 12.9. The number of ether oxygens (including phenoxy) is 3. The van der Waals surface area contributed by atoms with Crippen LogP contribution in [-0.2, 0) is 57.6 Å². The summed E-state index contributed by atoms with van der Waals surface area (Å²) in [5.41, 5.74) is 12.1. The quantitative estimate of drug-likeness (QED) is 0.166. The Morgan fingerprint density at radius 3 is 1.54 bits per heavy atom. The fraction of sp³-hybridized carbons (Fsp3) is 0.510. The van der Waals surface area contributed by atoms with Crippen molar-refractivity contribution in [2.75, 3.05) is 38.3 Å². The number of carbonyl (C=O) groups excluding carboxylic acids is 6. The second-order valence-corrected chi connectivity index (χ2v) is 19.5. The predicted octanol–water partition coefficient (Wildman–Crippen LogP) is 5.20. The van der Waals surface area contributed by atoms with Crippen molar-refractivity contribution in [1.82, 2.24) is 20.4 Å². The molecule has 3 saturated heterocycles. The average molecular weight is 896 g/mol. The Morgan fingerprint density at radius 1 is 0.708 bits per heavy atom. The summed E-state index contributed by atoms with van der Waals surface area (Å²) in [6, 6.07) is 23.0. The molecule has 6 N–H and O–H groups in total. The Labute approximate surface area is 381 Å². The molecule has 0 bridgehead atoms. The van der Waals surface area contributed by atoms with Crippen LogP contribution in [-0.4, -0.2) is 97.2 Å². The van der Waals surface area contributed by atoms with Crippen LogP contribution in [0, 0.1) is 10.8 Å². The molecule has 0 aliphatic carbocycles. The third kappa shape index (κ3) is 10.2. The molecule has 3 aromatic carbocycles. The number of rotatable bonds is 14. The monoisotopic (exact) mass is 895 g/mol. The van der Waals surface area contributed by atoms with E-state index in [9.17, 15) is 28.8 Å². The first-order valence-corrected chi connectivity index (χ1v) is 22.3. The van der Waals surface area contributed by atoms with E-state index >= 15 is 0 Å². The van der Waals surface area contributed by atoms with Gasteiger partial charge in [0.15, 0.2) is 0 Å². The van der Waals surface area contributed by atoms with E-state index in [4.69, 9.17) is 25.7 Å². The summed E-state index contributed by atoms with van der Waals surface area (Å²) in [6.45, 7) is 13.3. The molecule has 3 aliphatic heterocycles. The number of alkyl carbamates (subject to hydrolysis) is 2. The molecule has 3 aliphatic rings. The number of hydrogen-bond acceptors (Lipinski definition) is 10. The standard InChI is InChI=1S/C49H65N7O9/c1-46(2,3)38(52-44(61)63-7)40(57)55-26-11-24-48(55,42(50)59)34-19-15-32(16-20-34)29-54(36-13-9-8-10-14-36)30-33-17-21-35(22-18-33)49(43(51)60)25-12-27-56(49)41(58)39(47(4,5)6)53-45(62)65-37-23-28-64-31-37/h8-10,13-22,37-39H,11-12,23-31H2,1-7H3,(H2,50,59)(H2,51,60)(H,52,61)(H,53,62)/t37-,38+,39+,48-,49-/m0/s1. The average Bonchev–Trinajstić information content (AvgIpc) is 4.06. The first kappa shape index (κ1) is 48.3. The number of likely N-dealkylation sites (tertiary alicyclic amines) is 2. The number of anilines is 1. The number of nitrogens with two attached hydrogens (primary N) is 2. The van der Waals surface area contributed by atoms with E-state index < -0.39 is 75.9 Å².